The van der Waals surface area contributed by atoms with E-state index in [4.69, 9.17) is 0 Å². The van der Waals surface area contributed by atoms with Gasteiger partial charge in [0.05, 0.1) is 0 Å². The van der Waals surface area contributed by atoms with Crippen LogP contribution in [0.4, 0.5) is 0 Å². The molecule has 2 aromatic rings. The molecule has 0 unspecified atom stereocenters. The molecule has 30 heavy (non-hydrogen) atoms. The highest BCUT2D eigenvalue weighted by Crippen LogP contribution is 2.22. The van der Waals surface area contributed by atoms with Crippen LogP contribution in [0.15, 0.2) is 29.3 Å². The van der Waals surface area contributed by atoms with Gasteiger partial charge in [-0.15, -0.1) is 34.2 Å². The first-order valence-electron chi connectivity index (χ1n) is 11.0. The molecule has 0 saturated heterocycles. The van der Waals surface area contributed by atoms with Crippen LogP contribution in [0.1, 0.15) is 62.8 Å². The fourth-order valence-electron chi connectivity index (χ4n) is 3.84. The molecule has 0 fully saturated rings. The van der Waals surface area contributed by atoms with Gasteiger partial charge in [-0.2, -0.15) is 0 Å². The fourth-order valence-corrected chi connectivity index (χ4v) is 3.84. The van der Waals surface area contributed by atoms with Crippen molar-refractivity contribution in [3.63, 3.8) is 0 Å². The van der Waals surface area contributed by atoms with Crippen molar-refractivity contribution < 1.29 is 0 Å². The molecule has 0 amide bonds. The predicted molar refractivity (Wildman–Crippen MR) is 135 cm³/mol. The van der Waals surface area contributed by atoms with E-state index in [0.717, 1.165) is 56.5 Å². The van der Waals surface area contributed by atoms with Crippen molar-refractivity contribution in [3.05, 3.63) is 47.0 Å². The molecule has 6 nitrogen and oxygen atoms in total. The summed E-state index contributed by atoms with van der Waals surface area (Å²) in [5.74, 6) is 3.07. The van der Waals surface area contributed by atoms with E-state index < -0.39 is 0 Å². The van der Waals surface area contributed by atoms with Crippen molar-refractivity contribution in [2.75, 3.05) is 20.1 Å². The van der Waals surface area contributed by atoms with Crippen molar-refractivity contribution in [1.82, 2.24) is 25.4 Å². The average Bonchev–Trinajstić information content (AvgIpc) is 2.96. The maximum Gasteiger partial charge on any atom is 0.191 e. The second-order valence-electron chi connectivity index (χ2n) is 8.53. The Labute approximate surface area is 198 Å². The number of hydrogen-bond donors (Lipinski definition) is 2. The third-order valence-electron chi connectivity index (χ3n) is 5.89. The number of rotatable bonds is 7. The van der Waals surface area contributed by atoms with Crippen LogP contribution in [0.3, 0.4) is 0 Å². The first-order valence-corrected chi connectivity index (χ1v) is 11.0. The maximum atomic E-state index is 4.41. The van der Waals surface area contributed by atoms with Crippen molar-refractivity contribution in [1.29, 1.82) is 0 Å². The lowest BCUT2D eigenvalue weighted by Crippen LogP contribution is -2.44. The lowest BCUT2D eigenvalue weighted by Gasteiger charge is -2.27. The van der Waals surface area contributed by atoms with E-state index >= 15 is 0 Å². The number of nitrogens with zero attached hydrogens (tertiary/aromatic N) is 4. The van der Waals surface area contributed by atoms with E-state index in [0.29, 0.717) is 0 Å². The summed E-state index contributed by atoms with van der Waals surface area (Å²) >= 11 is 0. The number of aliphatic imine (C=N–C) groups is 1. The molecular formula is C23H37IN6. The minimum atomic E-state index is 0. The number of aryl methyl sites for hydroxylation is 2. The van der Waals surface area contributed by atoms with Crippen molar-refractivity contribution >= 4 is 29.9 Å². The highest BCUT2D eigenvalue weighted by Gasteiger charge is 2.21. The van der Waals surface area contributed by atoms with Gasteiger partial charge in [0.15, 0.2) is 5.96 Å². The van der Waals surface area contributed by atoms with E-state index in [1.54, 1.807) is 0 Å². The molecule has 1 aliphatic heterocycles. The Kier molecular flexibility index (Phi) is 9.58. The number of guanidine groups is 1. The highest BCUT2D eigenvalue weighted by atomic mass is 127. The minimum Gasteiger partial charge on any atom is -0.356 e. The van der Waals surface area contributed by atoms with Crippen LogP contribution in [-0.4, -0.2) is 40.9 Å². The van der Waals surface area contributed by atoms with E-state index in [1.165, 1.54) is 30.4 Å². The predicted octanol–water partition coefficient (Wildman–Crippen LogP) is 3.87. The van der Waals surface area contributed by atoms with Crippen molar-refractivity contribution in [2.24, 2.45) is 4.99 Å². The van der Waals surface area contributed by atoms with Gasteiger partial charge >= 0.3 is 0 Å². The molecule has 1 aromatic heterocycles. The number of benzene rings is 1. The molecule has 2 heterocycles. The molecular weight excluding hydrogens is 487 g/mol. The van der Waals surface area contributed by atoms with Gasteiger partial charge in [0.1, 0.15) is 11.6 Å². The third-order valence-corrected chi connectivity index (χ3v) is 5.89. The van der Waals surface area contributed by atoms with Crippen LogP contribution in [0.25, 0.3) is 0 Å². The Morgan fingerprint density at radius 1 is 1.10 bits per heavy atom. The first-order chi connectivity index (χ1) is 14.0. The first kappa shape index (κ1) is 24.6. The van der Waals surface area contributed by atoms with E-state index in [9.17, 15) is 0 Å². The average molecular weight is 524 g/mol. The molecule has 166 valence electrons. The summed E-state index contributed by atoms with van der Waals surface area (Å²) in [6.45, 7) is 9.38. The molecule has 1 aliphatic rings. The standard InChI is InChI=1S/C23H36N6.HI/c1-5-18-10-12-19(13-11-18)23(2,3)17-26-22(24-4)25-15-14-21-28-27-20-9-7-6-8-16-29(20)21;/h10-13H,5-9,14-17H2,1-4H3,(H2,24,25,26);1H. The van der Waals surface area contributed by atoms with Gasteiger partial charge < -0.3 is 15.2 Å². The molecule has 0 aliphatic carbocycles. The summed E-state index contributed by atoms with van der Waals surface area (Å²) in [7, 11) is 1.82. The number of fused-ring (bicyclic) bond motifs is 1. The monoisotopic (exact) mass is 524 g/mol. The van der Waals surface area contributed by atoms with Crippen LogP contribution in [0.2, 0.25) is 0 Å². The summed E-state index contributed by atoms with van der Waals surface area (Å²) in [4.78, 5) is 4.39. The number of halogens is 1. The normalized spacial score (nSPS) is 14.5. The lowest BCUT2D eigenvalue weighted by atomic mass is 9.84. The maximum absolute atomic E-state index is 4.41. The van der Waals surface area contributed by atoms with Gasteiger partial charge in [-0.05, 0) is 30.4 Å². The van der Waals surface area contributed by atoms with Gasteiger partial charge in [-0.1, -0.05) is 51.5 Å². The number of hydrogen-bond acceptors (Lipinski definition) is 3. The Morgan fingerprint density at radius 3 is 2.57 bits per heavy atom. The minimum absolute atomic E-state index is 0. The molecule has 0 radical (unpaired) electrons. The van der Waals surface area contributed by atoms with Crippen LogP contribution >= 0.6 is 24.0 Å². The summed E-state index contributed by atoms with van der Waals surface area (Å²) in [5, 5.41) is 15.7. The molecule has 1 aromatic carbocycles. The van der Waals surface area contributed by atoms with Gasteiger partial charge in [-0.25, -0.2) is 0 Å². The summed E-state index contributed by atoms with van der Waals surface area (Å²) in [6, 6.07) is 8.94. The summed E-state index contributed by atoms with van der Waals surface area (Å²) < 4.78 is 2.31. The number of aromatic nitrogens is 3. The molecule has 0 bridgehead atoms. The molecule has 3 rings (SSSR count). The van der Waals surface area contributed by atoms with E-state index in [1.807, 2.05) is 7.05 Å². The van der Waals surface area contributed by atoms with E-state index in [-0.39, 0.29) is 29.4 Å². The van der Waals surface area contributed by atoms with Crippen LogP contribution in [-0.2, 0) is 31.2 Å². The van der Waals surface area contributed by atoms with Crippen LogP contribution in [0, 0.1) is 0 Å². The second kappa shape index (κ2) is 11.7. The zero-order valence-corrected chi connectivity index (χ0v) is 21.2. The summed E-state index contributed by atoms with van der Waals surface area (Å²) in [5.41, 5.74) is 2.74. The van der Waals surface area contributed by atoms with Gasteiger partial charge in [0.2, 0.25) is 0 Å². The van der Waals surface area contributed by atoms with Crippen LogP contribution in [0.5, 0.6) is 0 Å². The zero-order valence-electron chi connectivity index (χ0n) is 18.9. The Balaban J connectivity index is 0.00000320. The topological polar surface area (TPSA) is 67.1 Å². The third kappa shape index (κ3) is 6.43. The molecule has 0 atom stereocenters. The number of nitrogens with one attached hydrogen (secondary N) is 2. The van der Waals surface area contributed by atoms with Gasteiger partial charge in [0.25, 0.3) is 0 Å². The van der Waals surface area contributed by atoms with Gasteiger partial charge in [-0.3, -0.25) is 4.99 Å². The lowest BCUT2D eigenvalue weighted by molar-refractivity contribution is 0.508. The quantitative estimate of drug-likeness (QED) is 0.328. The van der Waals surface area contributed by atoms with Crippen molar-refractivity contribution in [3.8, 4) is 0 Å². The van der Waals surface area contributed by atoms with Crippen molar-refractivity contribution in [2.45, 2.75) is 71.3 Å². The zero-order chi connectivity index (χ0) is 20.7. The van der Waals surface area contributed by atoms with Crippen LogP contribution < -0.4 is 10.6 Å². The largest absolute Gasteiger partial charge is 0.356 e. The SMILES string of the molecule is CCc1ccc(C(C)(C)CNC(=NC)NCCc2nnc3n2CCCCC3)cc1.I. The summed E-state index contributed by atoms with van der Waals surface area (Å²) in [6.07, 6.45) is 6.72. The van der Waals surface area contributed by atoms with E-state index in [2.05, 4.69) is 75.4 Å². The Hall–Kier alpha value is -1.64. The highest BCUT2D eigenvalue weighted by molar-refractivity contribution is 14.0. The molecule has 0 saturated carbocycles. The molecule has 0 spiro atoms. The second-order valence-corrected chi connectivity index (χ2v) is 8.53. The fraction of sp³-hybridized carbons (Fsp3) is 0.609. The smallest absolute Gasteiger partial charge is 0.191 e. The molecule has 2 N–H and O–H groups in total. The Morgan fingerprint density at radius 2 is 1.87 bits per heavy atom. The van der Waals surface area contributed by atoms with Gasteiger partial charge in [0, 0.05) is 44.9 Å². The Bertz CT molecular complexity index is 810. The molecule has 7 heteroatoms.